The van der Waals surface area contributed by atoms with Crippen molar-refractivity contribution in [3.8, 4) is 11.1 Å². The van der Waals surface area contributed by atoms with Crippen LogP contribution in [0.15, 0.2) is 83.0 Å². The molecule has 12 heteroatoms. The van der Waals surface area contributed by atoms with Crippen molar-refractivity contribution in [2.45, 2.75) is 65.0 Å². The maximum absolute atomic E-state index is 12.9. The van der Waals surface area contributed by atoms with Gasteiger partial charge in [0.15, 0.2) is 0 Å². The van der Waals surface area contributed by atoms with Crippen molar-refractivity contribution >= 4 is 47.3 Å². The van der Waals surface area contributed by atoms with Crippen LogP contribution < -0.4 is 11.1 Å². The van der Waals surface area contributed by atoms with Crippen LogP contribution in [-0.2, 0) is 18.9 Å². The van der Waals surface area contributed by atoms with E-state index in [1.54, 1.807) is 22.2 Å². The van der Waals surface area contributed by atoms with E-state index in [4.69, 9.17) is 24.7 Å². The molecule has 0 spiro atoms. The van der Waals surface area contributed by atoms with E-state index < -0.39 is 29.6 Å². The molecule has 2 aliphatic heterocycles. The van der Waals surface area contributed by atoms with Crippen LogP contribution in [0.25, 0.3) is 33.3 Å². The summed E-state index contributed by atoms with van der Waals surface area (Å²) < 4.78 is 22.5. The third kappa shape index (κ3) is 9.98. The molecule has 3 aromatic rings. The van der Waals surface area contributed by atoms with Gasteiger partial charge in [-0.1, -0.05) is 48.5 Å². The minimum atomic E-state index is -0.611. The number of ether oxygens (including phenoxy) is 4. The van der Waals surface area contributed by atoms with E-state index in [1.165, 1.54) is 6.20 Å². The van der Waals surface area contributed by atoms with Crippen LogP contribution in [-0.4, -0.2) is 97.8 Å². The summed E-state index contributed by atoms with van der Waals surface area (Å²) in [6.45, 7) is 17.0. The number of nitrogens with one attached hydrogen (secondary N) is 1. The Hall–Kier alpha value is -5.20. The predicted molar refractivity (Wildman–Crippen MR) is 206 cm³/mol. The normalized spacial score (nSPS) is 19.1. The number of nitrogens with zero attached hydrogens (tertiary/aromatic N) is 4. The number of nitrogens with two attached hydrogens (primary N) is 1. The number of rotatable bonds is 8. The Balaban J connectivity index is 1.29. The van der Waals surface area contributed by atoms with Gasteiger partial charge in [-0.3, -0.25) is 19.8 Å². The summed E-state index contributed by atoms with van der Waals surface area (Å²) in [5.41, 5.74) is 9.92. The molecule has 0 aromatic heterocycles. The lowest BCUT2D eigenvalue weighted by Gasteiger charge is -2.37. The fourth-order valence-corrected chi connectivity index (χ4v) is 5.83. The van der Waals surface area contributed by atoms with E-state index in [1.807, 2.05) is 84.0 Å². The highest BCUT2D eigenvalue weighted by atomic mass is 16.6. The first-order chi connectivity index (χ1) is 24.7. The summed E-state index contributed by atoms with van der Waals surface area (Å²) >= 11 is 0. The van der Waals surface area contributed by atoms with Crippen molar-refractivity contribution < 1.29 is 28.5 Å². The minimum Gasteiger partial charge on any atom is -0.444 e. The molecule has 52 heavy (non-hydrogen) atoms. The summed E-state index contributed by atoms with van der Waals surface area (Å²) in [6, 6.07) is 20.1. The number of aliphatic imine (C=N–C) groups is 2. The number of carbonyl (C=O) groups is 2. The first-order valence-corrected chi connectivity index (χ1v) is 17.4. The lowest BCUT2D eigenvalue weighted by Crippen LogP contribution is -2.56. The van der Waals surface area contributed by atoms with Crippen molar-refractivity contribution in [2.24, 2.45) is 15.7 Å². The van der Waals surface area contributed by atoms with Crippen molar-refractivity contribution in [3.63, 3.8) is 0 Å². The van der Waals surface area contributed by atoms with Crippen LogP contribution in [0.3, 0.4) is 0 Å². The largest absolute Gasteiger partial charge is 0.444 e. The summed E-state index contributed by atoms with van der Waals surface area (Å²) in [5, 5.41) is 5.49. The summed E-state index contributed by atoms with van der Waals surface area (Å²) in [4.78, 5) is 37.7. The second-order valence-corrected chi connectivity index (χ2v) is 14.6. The number of morpholine rings is 2. The molecule has 2 unspecified atom stereocenters. The molecular weight excluding hydrogens is 660 g/mol. The van der Waals surface area contributed by atoms with E-state index in [-0.39, 0.29) is 6.04 Å². The number of hydrogen-bond acceptors (Lipinski definition) is 10. The van der Waals surface area contributed by atoms with Crippen LogP contribution in [0.1, 0.15) is 52.7 Å². The summed E-state index contributed by atoms with van der Waals surface area (Å²) in [5.74, 6) is 0. The van der Waals surface area contributed by atoms with Gasteiger partial charge in [0.05, 0.1) is 43.9 Å². The second kappa shape index (κ2) is 16.4. The Morgan fingerprint density at radius 2 is 1.40 bits per heavy atom. The molecule has 0 saturated carbocycles. The minimum absolute atomic E-state index is 0.307. The average Bonchev–Trinajstić information content (AvgIpc) is 3.10. The van der Waals surface area contributed by atoms with Gasteiger partial charge >= 0.3 is 12.2 Å². The molecule has 12 nitrogen and oxygen atoms in total. The van der Waals surface area contributed by atoms with Gasteiger partial charge in [0.2, 0.25) is 0 Å². The molecule has 0 bridgehead atoms. The molecule has 276 valence electrons. The molecule has 3 aromatic carbocycles. The lowest BCUT2D eigenvalue weighted by molar-refractivity contribution is -0.0363. The van der Waals surface area contributed by atoms with Crippen molar-refractivity contribution in [1.82, 2.24) is 15.1 Å². The highest BCUT2D eigenvalue weighted by Gasteiger charge is 2.32. The molecule has 5 rings (SSSR count). The zero-order chi connectivity index (χ0) is 37.5. The van der Waals surface area contributed by atoms with E-state index in [2.05, 4.69) is 40.2 Å². The maximum atomic E-state index is 12.9. The van der Waals surface area contributed by atoms with Gasteiger partial charge in [-0.2, -0.15) is 0 Å². The van der Waals surface area contributed by atoms with Crippen LogP contribution in [0.5, 0.6) is 0 Å². The molecule has 0 aliphatic carbocycles. The van der Waals surface area contributed by atoms with E-state index in [0.717, 1.165) is 33.0 Å². The third-order valence-corrected chi connectivity index (χ3v) is 8.30. The monoisotopic (exact) mass is 710 g/mol. The van der Waals surface area contributed by atoms with Gasteiger partial charge in [-0.25, -0.2) is 9.59 Å². The Labute approximate surface area is 306 Å². The number of amides is 2. The standard InChI is InChI=1S/C40H50N6O6/c1-39(2,3)51-37(47)45-16-18-49-25-33(45)23-43-34(22-41)32-15-14-30-20-29(12-13-31(30)21-32)27-8-10-28(11-9-27)35(24-42-7)44-36-26-50-19-17-46(36)38(48)52-40(4,5)6/h8-15,20-24,33,36,44H,7,16-19,25-26,41H2,1-6H3/b34-22-,35-24-,43-23+. The number of hydrogen-bond donors (Lipinski definition) is 2. The van der Waals surface area contributed by atoms with E-state index in [9.17, 15) is 9.59 Å². The molecule has 2 fully saturated rings. The van der Waals surface area contributed by atoms with Crippen LogP contribution >= 0.6 is 0 Å². The van der Waals surface area contributed by atoms with E-state index >= 15 is 0 Å². The molecule has 2 amide bonds. The molecule has 2 heterocycles. The van der Waals surface area contributed by atoms with Gasteiger partial charge in [0.25, 0.3) is 0 Å². The van der Waals surface area contributed by atoms with Crippen LogP contribution in [0.2, 0.25) is 0 Å². The fraction of sp³-hybridized carbons (Fsp3) is 0.400. The van der Waals surface area contributed by atoms with Gasteiger partial charge in [0, 0.05) is 37.3 Å². The summed E-state index contributed by atoms with van der Waals surface area (Å²) in [7, 11) is 0. The predicted octanol–water partition coefficient (Wildman–Crippen LogP) is 6.65. The maximum Gasteiger partial charge on any atom is 0.412 e. The quantitative estimate of drug-likeness (QED) is 0.248. The van der Waals surface area contributed by atoms with Gasteiger partial charge in [-0.15, -0.1) is 0 Å². The molecule has 2 saturated heterocycles. The first-order valence-electron chi connectivity index (χ1n) is 17.4. The van der Waals surface area contributed by atoms with Crippen molar-refractivity contribution in [1.29, 1.82) is 0 Å². The number of carbonyl (C=O) groups excluding carboxylic acids is 2. The summed E-state index contributed by atoms with van der Waals surface area (Å²) in [6.07, 6.45) is 3.56. The van der Waals surface area contributed by atoms with Crippen LogP contribution in [0, 0.1) is 0 Å². The average molecular weight is 711 g/mol. The van der Waals surface area contributed by atoms with Gasteiger partial charge in [-0.05, 0) is 87.9 Å². The van der Waals surface area contributed by atoms with Crippen molar-refractivity contribution in [2.75, 3.05) is 39.5 Å². The van der Waals surface area contributed by atoms with Crippen molar-refractivity contribution in [3.05, 3.63) is 84.2 Å². The number of fused-ring (bicyclic) bond motifs is 1. The molecule has 3 N–H and O–H groups in total. The molecule has 2 aliphatic rings. The zero-order valence-electron chi connectivity index (χ0n) is 30.9. The zero-order valence-corrected chi connectivity index (χ0v) is 30.9. The molecule has 0 radical (unpaired) electrons. The Kier molecular flexibility index (Phi) is 12.0. The smallest absolute Gasteiger partial charge is 0.412 e. The van der Waals surface area contributed by atoms with E-state index in [0.29, 0.717) is 50.9 Å². The Morgan fingerprint density at radius 1 is 0.827 bits per heavy atom. The third-order valence-electron chi connectivity index (χ3n) is 8.30. The van der Waals surface area contributed by atoms with Crippen LogP contribution in [0.4, 0.5) is 9.59 Å². The fourth-order valence-electron chi connectivity index (χ4n) is 5.83. The lowest BCUT2D eigenvalue weighted by atomic mass is 9.98. The topological polar surface area (TPSA) is 140 Å². The highest BCUT2D eigenvalue weighted by molar-refractivity contribution is 5.91. The molecule has 2 atom stereocenters. The molecular formula is C40H50N6O6. The SMILES string of the molecule is C=N/C=C(\NC1COCCN1C(=O)OC(C)(C)C)c1ccc(-c2ccc3cc(C(=C/N)/N=C/C4COCCN4C(=O)OC(C)(C)C)ccc3c2)cc1. The van der Waals surface area contributed by atoms with Gasteiger partial charge < -0.3 is 30.0 Å². The highest BCUT2D eigenvalue weighted by Crippen LogP contribution is 2.29. The first kappa shape index (κ1) is 38.0. The second-order valence-electron chi connectivity index (χ2n) is 14.6. The Morgan fingerprint density at radius 3 is 2.06 bits per heavy atom. The number of benzene rings is 3. The Bertz CT molecular complexity index is 1840. The van der Waals surface area contributed by atoms with Gasteiger partial charge in [0.1, 0.15) is 17.4 Å².